The van der Waals surface area contributed by atoms with E-state index in [1.165, 1.54) is 0 Å². The van der Waals surface area contributed by atoms with Crippen molar-refractivity contribution in [1.29, 1.82) is 0 Å². The van der Waals surface area contributed by atoms with E-state index in [1.54, 1.807) is 12.1 Å². The highest BCUT2D eigenvalue weighted by molar-refractivity contribution is 6.30. The number of hydrogen-bond acceptors (Lipinski definition) is 3. The second-order valence-corrected chi connectivity index (χ2v) is 4.83. The van der Waals surface area contributed by atoms with Gasteiger partial charge in [0.15, 0.2) is 0 Å². The molecule has 0 saturated carbocycles. The Bertz CT molecular complexity index is 458. The minimum absolute atomic E-state index is 0.167. The highest BCUT2D eigenvalue weighted by Crippen LogP contribution is 2.43. The zero-order valence-corrected chi connectivity index (χ0v) is 11.4. The van der Waals surface area contributed by atoms with Crippen LogP contribution >= 0.6 is 11.6 Å². The minimum Gasteiger partial charge on any atom is -0.493 e. The molecular formula is C14H17ClO3. The number of rotatable bonds is 3. The molecule has 0 aromatic heterocycles. The van der Waals surface area contributed by atoms with E-state index in [2.05, 4.69) is 0 Å². The minimum atomic E-state index is -0.589. The van der Waals surface area contributed by atoms with Crippen LogP contribution in [0.15, 0.2) is 18.2 Å². The van der Waals surface area contributed by atoms with Crippen LogP contribution in [-0.4, -0.2) is 19.2 Å². The van der Waals surface area contributed by atoms with Gasteiger partial charge in [0, 0.05) is 17.0 Å². The van der Waals surface area contributed by atoms with Crippen LogP contribution in [0.2, 0.25) is 5.02 Å². The van der Waals surface area contributed by atoms with E-state index in [-0.39, 0.29) is 5.97 Å². The topological polar surface area (TPSA) is 35.5 Å². The average molecular weight is 269 g/mol. The molecule has 4 heteroatoms. The van der Waals surface area contributed by atoms with Gasteiger partial charge in [-0.05, 0) is 25.5 Å². The molecule has 0 fully saturated rings. The maximum atomic E-state index is 12.3. The fourth-order valence-electron chi connectivity index (χ4n) is 2.47. The molecule has 0 N–H and O–H groups in total. The van der Waals surface area contributed by atoms with E-state index in [0.717, 1.165) is 5.56 Å². The number of carbonyl (C=O) groups is 1. The van der Waals surface area contributed by atoms with Crippen LogP contribution < -0.4 is 4.74 Å². The van der Waals surface area contributed by atoms with E-state index in [4.69, 9.17) is 21.1 Å². The third-order valence-corrected chi connectivity index (χ3v) is 3.75. The molecule has 0 radical (unpaired) electrons. The van der Waals surface area contributed by atoms with E-state index >= 15 is 0 Å². The first kappa shape index (κ1) is 13.2. The van der Waals surface area contributed by atoms with Crippen molar-refractivity contribution in [2.45, 2.75) is 32.1 Å². The molecule has 0 amide bonds. The Kier molecular flexibility index (Phi) is 3.81. The second kappa shape index (κ2) is 5.19. The first-order valence-corrected chi connectivity index (χ1v) is 6.62. The quantitative estimate of drug-likeness (QED) is 0.789. The lowest BCUT2D eigenvalue weighted by atomic mass is 9.74. The van der Waals surface area contributed by atoms with Crippen LogP contribution in [0.3, 0.4) is 0 Å². The van der Waals surface area contributed by atoms with Crippen molar-refractivity contribution in [2.24, 2.45) is 0 Å². The van der Waals surface area contributed by atoms with Crippen LogP contribution in [0.4, 0.5) is 0 Å². The third kappa shape index (κ3) is 2.07. The number of ether oxygens (including phenoxy) is 2. The molecule has 1 aliphatic rings. The van der Waals surface area contributed by atoms with Crippen LogP contribution in [0.5, 0.6) is 5.75 Å². The lowest BCUT2D eigenvalue weighted by Crippen LogP contribution is -2.41. The molecule has 0 bridgehead atoms. The summed E-state index contributed by atoms with van der Waals surface area (Å²) in [6.45, 7) is 4.73. The van der Waals surface area contributed by atoms with Crippen molar-refractivity contribution in [3.05, 3.63) is 28.8 Å². The van der Waals surface area contributed by atoms with Gasteiger partial charge >= 0.3 is 5.97 Å². The number of hydrogen-bond donors (Lipinski definition) is 0. The standard InChI is InChI=1S/C14H17ClO3/c1-3-14(13(16)17-4-2)7-8-18-12-9-10(15)5-6-11(12)14/h5-6,9H,3-4,7-8H2,1-2H3. The van der Waals surface area contributed by atoms with E-state index in [9.17, 15) is 4.79 Å². The molecule has 1 atom stereocenters. The van der Waals surface area contributed by atoms with E-state index in [1.807, 2.05) is 19.9 Å². The van der Waals surface area contributed by atoms with Crippen molar-refractivity contribution in [2.75, 3.05) is 13.2 Å². The summed E-state index contributed by atoms with van der Waals surface area (Å²) in [6.07, 6.45) is 1.35. The van der Waals surface area contributed by atoms with Crippen molar-refractivity contribution in [3.63, 3.8) is 0 Å². The highest BCUT2D eigenvalue weighted by Gasteiger charge is 2.44. The molecule has 1 aromatic rings. The lowest BCUT2D eigenvalue weighted by Gasteiger charge is -2.35. The largest absolute Gasteiger partial charge is 0.493 e. The monoisotopic (exact) mass is 268 g/mol. The van der Waals surface area contributed by atoms with E-state index < -0.39 is 5.41 Å². The third-order valence-electron chi connectivity index (χ3n) is 3.52. The number of carbonyl (C=O) groups excluding carboxylic acids is 1. The second-order valence-electron chi connectivity index (χ2n) is 4.40. The molecule has 0 spiro atoms. The first-order valence-electron chi connectivity index (χ1n) is 6.24. The Balaban J connectivity index is 2.48. The summed E-state index contributed by atoms with van der Waals surface area (Å²) in [5, 5.41) is 0.615. The molecule has 1 heterocycles. The van der Waals surface area contributed by atoms with Crippen molar-refractivity contribution < 1.29 is 14.3 Å². The van der Waals surface area contributed by atoms with Crippen LogP contribution in [0.25, 0.3) is 0 Å². The fourth-order valence-corrected chi connectivity index (χ4v) is 2.64. The molecule has 0 saturated heterocycles. The molecule has 98 valence electrons. The Morgan fingerprint density at radius 1 is 1.50 bits per heavy atom. The summed E-state index contributed by atoms with van der Waals surface area (Å²) >= 11 is 5.96. The molecule has 1 aromatic carbocycles. The van der Waals surface area contributed by atoms with Crippen LogP contribution in [0, 0.1) is 0 Å². The van der Waals surface area contributed by atoms with Gasteiger partial charge in [-0.15, -0.1) is 0 Å². The lowest BCUT2D eigenvalue weighted by molar-refractivity contribution is -0.151. The molecule has 2 rings (SSSR count). The maximum Gasteiger partial charge on any atom is 0.316 e. The first-order chi connectivity index (χ1) is 8.64. The van der Waals surface area contributed by atoms with Gasteiger partial charge in [-0.2, -0.15) is 0 Å². The van der Waals surface area contributed by atoms with Gasteiger partial charge in [0.25, 0.3) is 0 Å². The summed E-state index contributed by atoms with van der Waals surface area (Å²) in [7, 11) is 0. The fraction of sp³-hybridized carbons (Fsp3) is 0.500. The van der Waals surface area contributed by atoms with Crippen molar-refractivity contribution in [3.8, 4) is 5.75 Å². The van der Waals surface area contributed by atoms with Gasteiger partial charge in [-0.3, -0.25) is 4.79 Å². The Labute approximate surface area is 112 Å². The zero-order chi connectivity index (χ0) is 13.2. The predicted octanol–water partition coefficient (Wildman–Crippen LogP) is 3.33. The predicted molar refractivity (Wildman–Crippen MR) is 70.2 cm³/mol. The number of halogens is 1. The Morgan fingerprint density at radius 2 is 2.28 bits per heavy atom. The number of fused-ring (bicyclic) bond motifs is 1. The summed E-state index contributed by atoms with van der Waals surface area (Å²) < 4.78 is 10.8. The van der Waals surface area contributed by atoms with Crippen LogP contribution in [0.1, 0.15) is 32.3 Å². The smallest absolute Gasteiger partial charge is 0.316 e. The van der Waals surface area contributed by atoms with Gasteiger partial charge in [-0.25, -0.2) is 0 Å². The molecule has 0 aliphatic carbocycles. The van der Waals surface area contributed by atoms with Gasteiger partial charge in [0.2, 0.25) is 0 Å². The summed E-state index contributed by atoms with van der Waals surface area (Å²) in [6, 6.07) is 5.43. The molecule has 1 unspecified atom stereocenters. The molecule has 3 nitrogen and oxygen atoms in total. The average Bonchev–Trinajstić information content (AvgIpc) is 2.37. The Morgan fingerprint density at radius 3 is 2.94 bits per heavy atom. The SMILES string of the molecule is CCOC(=O)C1(CC)CCOc2cc(Cl)ccc21. The van der Waals surface area contributed by atoms with Gasteiger partial charge in [0.05, 0.1) is 18.6 Å². The molecule has 18 heavy (non-hydrogen) atoms. The normalized spacial score (nSPS) is 21.9. The van der Waals surface area contributed by atoms with Crippen LogP contribution in [-0.2, 0) is 14.9 Å². The Hall–Kier alpha value is -1.22. The highest BCUT2D eigenvalue weighted by atomic mass is 35.5. The van der Waals surface area contributed by atoms with E-state index in [0.29, 0.717) is 36.8 Å². The van der Waals surface area contributed by atoms with Gasteiger partial charge < -0.3 is 9.47 Å². The van der Waals surface area contributed by atoms with Crippen molar-refractivity contribution >= 4 is 17.6 Å². The summed E-state index contributed by atoms with van der Waals surface area (Å²) in [5.74, 6) is 0.531. The number of esters is 1. The molecular weight excluding hydrogens is 252 g/mol. The van der Waals surface area contributed by atoms with Gasteiger partial charge in [0.1, 0.15) is 5.75 Å². The molecule has 1 aliphatic heterocycles. The summed E-state index contributed by atoms with van der Waals surface area (Å²) in [4.78, 5) is 12.3. The number of benzene rings is 1. The van der Waals surface area contributed by atoms with Gasteiger partial charge in [-0.1, -0.05) is 24.6 Å². The maximum absolute atomic E-state index is 12.3. The summed E-state index contributed by atoms with van der Waals surface area (Å²) in [5.41, 5.74) is 0.299. The zero-order valence-electron chi connectivity index (χ0n) is 10.7. The van der Waals surface area contributed by atoms with Crippen molar-refractivity contribution in [1.82, 2.24) is 0 Å².